The molecular weight excluding hydrogens is 324 g/mol. The van der Waals surface area contributed by atoms with Crippen LogP contribution in [0.1, 0.15) is 16.7 Å². The van der Waals surface area contributed by atoms with Crippen LogP contribution in [0.2, 0.25) is 0 Å². The van der Waals surface area contributed by atoms with Gasteiger partial charge in [0.05, 0.1) is 5.69 Å². The monoisotopic (exact) mass is 340 g/mol. The van der Waals surface area contributed by atoms with Gasteiger partial charge in [0.25, 0.3) is 0 Å². The van der Waals surface area contributed by atoms with Crippen LogP contribution in [0.3, 0.4) is 0 Å². The Bertz CT molecular complexity index is 773. The smallest absolute Gasteiger partial charge is 0.0517 e. The highest BCUT2D eigenvalue weighted by Gasteiger charge is 2.05. The zero-order valence-corrected chi connectivity index (χ0v) is 13.7. The van der Waals surface area contributed by atoms with Crippen molar-refractivity contribution in [2.75, 3.05) is 5.32 Å². The van der Waals surface area contributed by atoms with E-state index in [-0.39, 0.29) is 0 Å². The van der Waals surface area contributed by atoms with Crippen LogP contribution in [-0.2, 0) is 6.54 Å². The van der Waals surface area contributed by atoms with E-state index in [2.05, 4.69) is 70.4 Å². The van der Waals surface area contributed by atoms with Crippen molar-refractivity contribution in [3.63, 3.8) is 0 Å². The van der Waals surface area contributed by atoms with Gasteiger partial charge < -0.3 is 5.32 Å². The molecule has 0 bridgehead atoms. The van der Waals surface area contributed by atoms with Crippen LogP contribution in [-0.4, -0.2) is 4.98 Å². The van der Waals surface area contributed by atoms with Crippen LogP contribution in [0.5, 0.6) is 0 Å². The Morgan fingerprint density at radius 3 is 2.71 bits per heavy atom. The minimum Gasteiger partial charge on any atom is -0.380 e. The Kier molecular flexibility index (Phi) is 3.93. The topological polar surface area (TPSA) is 24.9 Å². The normalized spacial score (nSPS) is 10.8. The fraction of sp³-hybridized carbons (Fsp3) is 0.167. The summed E-state index contributed by atoms with van der Waals surface area (Å²) in [5, 5.41) is 5.93. The van der Waals surface area contributed by atoms with E-state index in [9.17, 15) is 0 Å². The molecule has 1 heterocycles. The Balaban J connectivity index is 1.83. The van der Waals surface area contributed by atoms with Gasteiger partial charge in [-0.25, -0.2) is 0 Å². The summed E-state index contributed by atoms with van der Waals surface area (Å²) in [6.45, 7) is 5.05. The van der Waals surface area contributed by atoms with Gasteiger partial charge in [-0.05, 0) is 70.1 Å². The molecule has 0 radical (unpaired) electrons. The average molecular weight is 341 g/mol. The number of nitrogens with one attached hydrogen (secondary N) is 1. The summed E-state index contributed by atoms with van der Waals surface area (Å²) < 4.78 is 1.12. The molecule has 21 heavy (non-hydrogen) atoms. The molecule has 0 aliphatic heterocycles. The van der Waals surface area contributed by atoms with Gasteiger partial charge in [-0.1, -0.05) is 18.2 Å². The largest absolute Gasteiger partial charge is 0.380 e. The summed E-state index contributed by atoms with van der Waals surface area (Å²) in [5.41, 5.74) is 4.95. The SMILES string of the molecule is Cc1cc(C)c(NCc2ccc3cnccc3c2)c(Br)c1. The summed E-state index contributed by atoms with van der Waals surface area (Å²) in [7, 11) is 0. The zero-order valence-electron chi connectivity index (χ0n) is 12.2. The van der Waals surface area contributed by atoms with Crippen molar-refractivity contribution in [2.24, 2.45) is 0 Å². The van der Waals surface area contributed by atoms with Crippen LogP contribution in [0.4, 0.5) is 5.69 Å². The number of aromatic nitrogens is 1. The Labute approximate surface area is 133 Å². The molecule has 0 spiro atoms. The maximum absolute atomic E-state index is 4.15. The maximum Gasteiger partial charge on any atom is 0.0517 e. The first kappa shape index (κ1) is 14.1. The molecule has 0 saturated carbocycles. The molecule has 0 atom stereocenters. The molecule has 3 rings (SSSR count). The quantitative estimate of drug-likeness (QED) is 0.706. The first-order valence-corrected chi connectivity index (χ1v) is 7.76. The number of fused-ring (bicyclic) bond motifs is 1. The number of halogens is 1. The molecule has 1 aromatic heterocycles. The van der Waals surface area contributed by atoms with Crippen molar-refractivity contribution >= 4 is 32.4 Å². The highest BCUT2D eigenvalue weighted by atomic mass is 79.9. The Hall–Kier alpha value is -1.87. The second-order valence-electron chi connectivity index (χ2n) is 5.35. The van der Waals surface area contributed by atoms with Crippen molar-refractivity contribution in [2.45, 2.75) is 20.4 Å². The molecule has 0 amide bonds. The van der Waals surface area contributed by atoms with E-state index in [0.717, 1.165) is 16.7 Å². The van der Waals surface area contributed by atoms with E-state index >= 15 is 0 Å². The van der Waals surface area contributed by atoms with Crippen molar-refractivity contribution in [1.29, 1.82) is 0 Å². The summed E-state index contributed by atoms with van der Waals surface area (Å²) in [5.74, 6) is 0. The van der Waals surface area contributed by atoms with Gasteiger partial charge in [0, 0.05) is 28.8 Å². The molecule has 106 valence electrons. The fourth-order valence-corrected chi connectivity index (χ4v) is 3.39. The molecule has 0 saturated heterocycles. The van der Waals surface area contributed by atoms with Crippen molar-refractivity contribution in [3.8, 4) is 0 Å². The lowest BCUT2D eigenvalue weighted by atomic mass is 10.1. The van der Waals surface area contributed by atoms with Crippen LogP contribution < -0.4 is 5.32 Å². The predicted octanol–water partition coefficient (Wildman–Crippen LogP) is 5.23. The van der Waals surface area contributed by atoms with Gasteiger partial charge >= 0.3 is 0 Å². The van der Waals surface area contributed by atoms with Crippen LogP contribution in [0, 0.1) is 13.8 Å². The lowest BCUT2D eigenvalue weighted by Gasteiger charge is -2.13. The molecule has 2 aromatic carbocycles. The van der Waals surface area contributed by atoms with E-state index in [1.54, 1.807) is 0 Å². The van der Waals surface area contributed by atoms with E-state index in [1.807, 2.05) is 18.5 Å². The minimum absolute atomic E-state index is 0.806. The summed E-state index contributed by atoms with van der Waals surface area (Å²) in [6.07, 6.45) is 3.73. The van der Waals surface area contributed by atoms with Gasteiger partial charge in [0.1, 0.15) is 0 Å². The molecule has 0 aliphatic carbocycles. The lowest BCUT2D eigenvalue weighted by Crippen LogP contribution is -2.02. The second kappa shape index (κ2) is 5.86. The third-order valence-corrected chi connectivity index (χ3v) is 4.23. The summed E-state index contributed by atoms with van der Waals surface area (Å²) in [4.78, 5) is 4.15. The number of aryl methyl sites for hydroxylation is 2. The maximum atomic E-state index is 4.15. The summed E-state index contributed by atoms with van der Waals surface area (Å²) >= 11 is 3.64. The van der Waals surface area contributed by atoms with E-state index in [4.69, 9.17) is 0 Å². The Morgan fingerprint density at radius 2 is 1.90 bits per heavy atom. The van der Waals surface area contributed by atoms with Gasteiger partial charge in [0.2, 0.25) is 0 Å². The number of rotatable bonds is 3. The zero-order chi connectivity index (χ0) is 14.8. The van der Waals surface area contributed by atoms with Crippen molar-refractivity contribution in [3.05, 3.63) is 70.0 Å². The highest BCUT2D eigenvalue weighted by Crippen LogP contribution is 2.28. The van der Waals surface area contributed by atoms with Crippen LogP contribution in [0.15, 0.2) is 53.3 Å². The number of anilines is 1. The number of hydrogen-bond donors (Lipinski definition) is 1. The fourth-order valence-electron chi connectivity index (χ4n) is 2.57. The number of hydrogen-bond acceptors (Lipinski definition) is 2. The first-order valence-electron chi connectivity index (χ1n) is 6.97. The van der Waals surface area contributed by atoms with Gasteiger partial charge in [-0.3, -0.25) is 4.98 Å². The van der Waals surface area contributed by atoms with Gasteiger partial charge in [-0.15, -0.1) is 0 Å². The molecule has 0 aliphatic rings. The van der Waals surface area contributed by atoms with E-state index in [1.165, 1.54) is 27.5 Å². The molecule has 2 nitrogen and oxygen atoms in total. The molecule has 0 fully saturated rings. The molecule has 0 unspecified atom stereocenters. The third kappa shape index (κ3) is 3.08. The molecule has 1 N–H and O–H groups in total. The number of benzene rings is 2. The minimum atomic E-state index is 0.806. The number of pyridine rings is 1. The average Bonchev–Trinajstić information content (AvgIpc) is 2.46. The molecular formula is C18H17BrN2. The Morgan fingerprint density at radius 1 is 1.05 bits per heavy atom. The molecule has 3 aromatic rings. The molecule has 3 heteroatoms. The highest BCUT2D eigenvalue weighted by molar-refractivity contribution is 9.10. The van der Waals surface area contributed by atoms with E-state index in [0.29, 0.717) is 0 Å². The van der Waals surface area contributed by atoms with Crippen molar-refractivity contribution < 1.29 is 0 Å². The predicted molar refractivity (Wildman–Crippen MR) is 92.7 cm³/mol. The first-order chi connectivity index (χ1) is 10.1. The van der Waals surface area contributed by atoms with Gasteiger partial charge in [0.15, 0.2) is 0 Å². The number of nitrogens with zero attached hydrogens (tertiary/aromatic N) is 1. The third-order valence-electron chi connectivity index (χ3n) is 3.61. The van der Waals surface area contributed by atoms with Crippen LogP contribution >= 0.6 is 15.9 Å². The van der Waals surface area contributed by atoms with E-state index < -0.39 is 0 Å². The standard InChI is InChI=1S/C18H17BrN2/c1-12-7-13(2)18(17(19)8-12)21-10-14-3-4-16-11-20-6-5-15(16)9-14/h3-9,11,21H,10H2,1-2H3. The lowest BCUT2D eigenvalue weighted by molar-refractivity contribution is 1.14. The summed E-state index contributed by atoms with van der Waals surface area (Å²) in [6, 6.07) is 12.9. The van der Waals surface area contributed by atoms with Gasteiger partial charge in [-0.2, -0.15) is 0 Å². The van der Waals surface area contributed by atoms with Crippen LogP contribution in [0.25, 0.3) is 10.8 Å². The second-order valence-corrected chi connectivity index (χ2v) is 6.20. The van der Waals surface area contributed by atoms with Crippen molar-refractivity contribution in [1.82, 2.24) is 4.98 Å².